The molecule has 2 heterocycles. The predicted octanol–water partition coefficient (Wildman–Crippen LogP) is 1.86. The highest BCUT2D eigenvalue weighted by Crippen LogP contribution is 2.43. The van der Waals surface area contributed by atoms with Crippen molar-refractivity contribution < 1.29 is 23.0 Å². The van der Waals surface area contributed by atoms with Gasteiger partial charge >= 0.3 is 0 Å². The summed E-state index contributed by atoms with van der Waals surface area (Å²) < 4.78 is 37.7. The number of hydrogen-bond donors (Lipinski definition) is 1. The summed E-state index contributed by atoms with van der Waals surface area (Å²) in [5, 5.41) is 10.8. The summed E-state index contributed by atoms with van der Waals surface area (Å²) in [6.45, 7) is 1.54. The molecule has 8 heteroatoms. The Hall–Kier alpha value is -2.29. The van der Waals surface area contributed by atoms with Crippen molar-refractivity contribution in [3.63, 3.8) is 0 Å². The molecular weight excluding hydrogens is 392 g/mol. The zero-order valence-corrected chi connectivity index (χ0v) is 17.4. The topological polar surface area (TPSA) is 79.3 Å². The maximum absolute atomic E-state index is 13.4. The molecule has 0 amide bonds. The number of β-amino-alcohol motifs (C(OH)–C–C–N with tert-alkyl or cyclic N) is 1. The SMILES string of the molecule is COc1cc(CN2CC[C@@]3(C2)[C@@H](O)CN(c2ccccc2)S3(=O)=O)cc(OC)c1. The van der Waals surface area contributed by atoms with E-state index in [1.807, 2.05) is 18.2 Å². The van der Waals surface area contributed by atoms with Crippen molar-refractivity contribution in [1.29, 1.82) is 0 Å². The van der Waals surface area contributed by atoms with Gasteiger partial charge in [-0.1, -0.05) is 18.2 Å². The molecule has 2 aromatic rings. The Morgan fingerprint density at radius 2 is 1.76 bits per heavy atom. The molecule has 0 saturated carbocycles. The third kappa shape index (κ3) is 3.35. The molecule has 2 aliphatic rings. The Balaban J connectivity index is 1.57. The van der Waals surface area contributed by atoms with Crippen molar-refractivity contribution in [2.75, 3.05) is 38.2 Å². The number of sulfonamides is 1. The molecule has 1 spiro atoms. The standard InChI is InChI=1S/C21H26N2O5S/c1-27-18-10-16(11-19(12-18)28-2)13-22-9-8-21(15-22)20(24)14-23(29(21,25)26)17-6-4-3-5-7-17/h3-7,10-12,20,24H,8-9,13-15H2,1-2H3/t20-,21+/m0/s1. The molecule has 2 saturated heterocycles. The second kappa shape index (κ2) is 7.51. The van der Waals surface area contributed by atoms with E-state index in [1.54, 1.807) is 44.6 Å². The average Bonchev–Trinajstić information content (AvgIpc) is 3.24. The first-order valence-corrected chi connectivity index (χ1v) is 11.0. The quantitative estimate of drug-likeness (QED) is 0.799. The summed E-state index contributed by atoms with van der Waals surface area (Å²) in [6, 6.07) is 14.6. The van der Waals surface area contributed by atoms with Crippen LogP contribution in [0, 0.1) is 0 Å². The Bertz CT molecular complexity index is 960. The molecule has 2 fully saturated rings. The van der Waals surface area contributed by atoms with Gasteiger partial charge in [-0.25, -0.2) is 8.42 Å². The van der Waals surface area contributed by atoms with Crippen molar-refractivity contribution in [2.45, 2.75) is 23.8 Å². The minimum absolute atomic E-state index is 0.0904. The molecule has 7 nitrogen and oxygen atoms in total. The Kier molecular flexibility index (Phi) is 5.18. The van der Waals surface area contributed by atoms with Gasteiger partial charge in [-0.05, 0) is 36.2 Å². The van der Waals surface area contributed by atoms with Crippen LogP contribution in [-0.4, -0.2) is 63.1 Å². The van der Waals surface area contributed by atoms with Gasteiger partial charge in [0.05, 0.1) is 32.6 Å². The number of anilines is 1. The van der Waals surface area contributed by atoms with Gasteiger partial charge in [0.15, 0.2) is 0 Å². The normalized spacial score (nSPS) is 26.2. The lowest BCUT2D eigenvalue weighted by molar-refractivity contribution is 0.143. The molecule has 0 unspecified atom stereocenters. The molecule has 2 aliphatic heterocycles. The van der Waals surface area contributed by atoms with Gasteiger partial charge < -0.3 is 14.6 Å². The van der Waals surface area contributed by atoms with Crippen molar-refractivity contribution in [1.82, 2.24) is 4.90 Å². The number of para-hydroxylation sites is 1. The number of likely N-dealkylation sites (tertiary alicyclic amines) is 1. The third-order valence-electron chi connectivity index (χ3n) is 5.95. The number of aliphatic hydroxyl groups is 1. The van der Waals surface area contributed by atoms with Crippen molar-refractivity contribution in [3.05, 3.63) is 54.1 Å². The van der Waals surface area contributed by atoms with E-state index in [0.717, 1.165) is 5.56 Å². The lowest BCUT2D eigenvalue weighted by Gasteiger charge is -2.27. The van der Waals surface area contributed by atoms with Crippen LogP contribution in [0.2, 0.25) is 0 Å². The highest BCUT2D eigenvalue weighted by Gasteiger charge is 2.61. The molecule has 156 valence electrons. The first kappa shape index (κ1) is 20.0. The third-order valence-corrected chi connectivity index (χ3v) is 8.53. The van der Waals surface area contributed by atoms with E-state index in [4.69, 9.17) is 9.47 Å². The molecule has 2 aromatic carbocycles. The molecule has 0 radical (unpaired) electrons. The van der Waals surface area contributed by atoms with Gasteiger partial charge in [0.25, 0.3) is 0 Å². The van der Waals surface area contributed by atoms with Gasteiger partial charge in [0, 0.05) is 25.7 Å². The van der Waals surface area contributed by atoms with Gasteiger partial charge in [-0.2, -0.15) is 0 Å². The molecule has 0 aliphatic carbocycles. The van der Waals surface area contributed by atoms with Crippen LogP contribution in [0.25, 0.3) is 0 Å². The maximum atomic E-state index is 13.4. The van der Waals surface area contributed by atoms with Crippen LogP contribution in [-0.2, 0) is 16.6 Å². The number of nitrogens with zero attached hydrogens (tertiary/aromatic N) is 2. The van der Waals surface area contributed by atoms with Crippen LogP contribution in [0.15, 0.2) is 48.5 Å². The van der Waals surface area contributed by atoms with Crippen molar-refractivity contribution in [2.24, 2.45) is 0 Å². The fourth-order valence-corrected chi connectivity index (χ4v) is 6.66. The van der Waals surface area contributed by atoms with Gasteiger partial charge in [0.2, 0.25) is 10.0 Å². The van der Waals surface area contributed by atoms with E-state index >= 15 is 0 Å². The Morgan fingerprint density at radius 1 is 1.10 bits per heavy atom. The Morgan fingerprint density at radius 3 is 2.38 bits per heavy atom. The van der Waals surface area contributed by atoms with Crippen LogP contribution in [0.4, 0.5) is 5.69 Å². The van der Waals surface area contributed by atoms with Crippen molar-refractivity contribution in [3.8, 4) is 11.5 Å². The number of rotatable bonds is 5. The lowest BCUT2D eigenvalue weighted by Crippen LogP contribution is -2.47. The Labute approximate surface area is 171 Å². The molecule has 29 heavy (non-hydrogen) atoms. The summed E-state index contributed by atoms with van der Waals surface area (Å²) in [5.41, 5.74) is 1.57. The lowest BCUT2D eigenvalue weighted by atomic mass is 10.0. The maximum Gasteiger partial charge on any atom is 0.244 e. The van der Waals surface area contributed by atoms with Crippen LogP contribution < -0.4 is 13.8 Å². The summed E-state index contributed by atoms with van der Waals surface area (Å²) >= 11 is 0. The smallest absolute Gasteiger partial charge is 0.244 e. The highest BCUT2D eigenvalue weighted by atomic mass is 32.2. The van der Waals surface area contributed by atoms with E-state index in [0.29, 0.717) is 43.2 Å². The van der Waals surface area contributed by atoms with Gasteiger partial charge in [-0.3, -0.25) is 9.21 Å². The predicted molar refractivity (Wildman–Crippen MR) is 111 cm³/mol. The number of hydrogen-bond acceptors (Lipinski definition) is 6. The zero-order valence-electron chi connectivity index (χ0n) is 16.6. The zero-order chi connectivity index (χ0) is 20.6. The summed E-state index contributed by atoms with van der Waals surface area (Å²) in [6.07, 6.45) is -0.529. The molecule has 0 aromatic heterocycles. The van der Waals surface area contributed by atoms with Gasteiger partial charge in [0.1, 0.15) is 16.2 Å². The fourth-order valence-electron chi connectivity index (χ4n) is 4.37. The van der Waals surface area contributed by atoms with Crippen molar-refractivity contribution >= 4 is 15.7 Å². The number of methoxy groups -OCH3 is 2. The molecule has 2 atom stereocenters. The van der Waals surface area contributed by atoms with Gasteiger partial charge in [-0.15, -0.1) is 0 Å². The molecular formula is C21H26N2O5S. The number of benzene rings is 2. The summed E-state index contributed by atoms with van der Waals surface area (Å²) in [5.74, 6) is 1.38. The second-order valence-electron chi connectivity index (χ2n) is 7.63. The molecule has 1 N–H and O–H groups in total. The minimum atomic E-state index is -3.69. The van der Waals surface area contributed by atoms with E-state index < -0.39 is 20.9 Å². The van der Waals surface area contributed by atoms with Crippen LogP contribution in [0.1, 0.15) is 12.0 Å². The first-order chi connectivity index (χ1) is 13.9. The highest BCUT2D eigenvalue weighted by molar-refractivity contribution is 7.94. The second-order valence-corrected chi connectivity index (χ2v) is 9.84. The van der Waals surface area contributed by atoms with E-state index in [1.165, 1.54) is 4.31 Å². The van der Waals surface area contributed by atoms with Crippen LogP contribution >= 0.6 is 0 Å². The summed E-state index contributed by atoms with van der Waals surface area (Å²) in [4.78, 5) is 2.07. The average molecular weight is 419 g/mol. The first-order valence-electron chi connectivity index (χ1n) is 9.59. The van der Waals surface area contributed by atoms with Crippen LogP contribution in [0.3, 0.4) is 0 Å². The number of aliphatic hydroxyl groups excluding tert-OH is 1. The monoisotopic (exact) mass is 418 g/mol. The fraction of sp³-hybridized carbons (Fsp3) is 0.429. The molecule has 0 bridgehead atoms. The largest absolute Gasteiger partial charge is 0.497 e. The number of ether oxygens (including phenoxy) is 2. The molecule has 4 rings (SSSR count). The summed E-state index contributed by atoms with van der Waals surface area (Å²) in [7, 11) is -0.487. The van der Waals surface area contributed by atoms with E-state index in [9.17, 15) is 13.5 Å². The van der Waals surface area contributed by atoms with Crippen LogP contribution in [0.5, 0.6) is 11.5 Å². The minimum Gasteiger partial charge on any atom is -0.497 e. The van der Waals surface area contributed by atoms with E-state index in [2.05, 4.69) is 4.90 Å². The van der Waals surface area contributed by atoms with E-state index in [-0.39, 0.29) is 6.54 Å².